The van der Waals surface area contributed by atoms with Gasteiger partial charge in [0.05, 0.1) is 18.7 Å². The van der Waals surface area contributed by atoms with E-state index >= 15 is 0 Å². The molecule has 0 bridgehead atoms. The van der Waals surface area contributed by atoms with E-state index in [2.05, 4.69) is 6.07 Å². The summed E-state index contributed by atoms with van der Waals surface area (Å²) in [5.74, 6) is 1.62. The first kappa shape index (κ1) is 14.0. The fourth-order valence-electron chi connectivity index (χ4n) is 2.14. The van der Waals surface area contributed by atoms with E-state index in [1.807, 2.05) is 32.0 Å². The van der Waals surface area contributed by atoms with Crippen molar-refractivity contribution in [3.63, 3.8) is 0 Å². The van der Waals surface area contributed by atoms with Crippen molar-refractivity contribution in [3.05, 3.63) is 58.7 Å². The van der Waals surface area contributed by atoms with Crippen LogP contribution in [0.4, 0.5) is 0 Å². The Bertz CT molecular complexity index is 636. The normalized spacial score (nSPS) is 9.90. The fraction of sp³-hybridized carbons (Fsp3) is 0.235. The highest BCUT2D eigenvalue weighted by atomic mass is 16.5. The van der Waals surface area contributed by atoms with Gasteiger partial charge in [0, 0.05) is 5.56 Å². The molecule has 2 rings (SSSR count). The molecule has 0 spiro atoms. The van der Waals surface area contributed by atoms with E-state index < -0.39 is 0 Å². The first-order valence-electron chi connectivity index (χ1n) is 6.41. The van der Waals surface area contributed by atoms with Crippen LogP contribution in [0.5, 0.6) is 11.5 Å². The molecule has 0 aliphatic rings. The molecule has 0 N–H and O–H groups in total. The van der Waals surface area contributed by atoms with E-state index in [-0.39, 0.29) is 0 Å². The number of hydrogen-bond acceptors (Lipinski definition) is 3. The highest BCUT2D eigenvalue weighted by Crippen LogP contribution is 2.26. The lowest BCUT2D eigenvalue weighted by molar-refractivity contribution is 0.293. The molecule has 0 saturated heterocycles. The largest absolute Gasteiger partial charge is 0.496 e. The van der Waals surface area contributed by atoms with Crippen LogP contribution in [-0.2, 0) is 6.61 Å². The van der Waals surface area contributed by atoms with E-state index in [9.17, 15) is 0 Å². The second-order valence-corrected chi connectivity index (χ2v) is 4.65. The van der Waals surface area contributed by atoms with Gasteiger partial charge in [-0.15, -0.1) is 0 Å². The van der Waals surface area contributed by atoms with Gasteiger partial charge in [-0.05, 0) is 43.2 Å². The molecule has 102 valence electrons. The summed E-state index contributed by atoms with van der Waals surface area (Å²) in [7, 11) is 1.61. The zero-order valence-electron chi connectivity index (χ0n) is 11.9. The quantitative estimate of drug-likeness (QED) is 0.847. The van der Waals surface area contributed by atoms with Crippen molar-refractivity contribution in [1.82, 2.24) is 0 Å². The van der Waals surface area contributed by atoms with Crippen molar-refractivity contribution in [2.75, 3.05) is 7.11 Å². The van der Waals surface area contributed by atoms with E-state index in [1.165, 1.54) is 0 Å². The Balaban J connectivity index is 2.25. The second-order valence-electron chi connectivity index (χ2n) is 4.65. The number of nitriles is 1. The molecule has 2 aromatic rings. The predicted molar refractivity (Wildman–Crippen MR) is 78.0 cm³/mol. The molecular weight excluding hydrogens is 250 g/mol. The number of hydrogen-bond donors (Lipinski definition) is 0. The number of aryl methyl sites for hydroxylation is 2. The number of benzene rings is 2. The molecule has 0 atom stereocenters. The van der Waals surface area contributed by atoms with Gasteiger partial charge < -0.3 is 9.47 Å². The molecule has 0 aliphatic carbocycles. The van der Waals surface area contributed by atoms with Crippen molar-refractivity contribution in [3.8, 4) is 17.6 Å². The smallest absolute Gasteiger partial charge is 0.125 e. The van der Waals surface area contributed by atoms with Crippen molar-refractivity contribution in [2.45, 2.75) is 20.5 Å². The lowest BCUT2D eigenvalue weighted by Gasteiger charge is -2.14. The molecule has 3 heteroatoms. The summed E-state index contributed by atoms with van der Waals surface area (Å²) in [5, 5.41) is 8.97. The van der Waals surface area contributed by atoms with Crippen LogP contribution in [0.2, 0.25) is 0 Å². The third-order valence-electron chi connectivity index (χ3n) is 3.19. The van der Waals surface area contributed by atoms with Gasteiger partial charge in [0.25, 0.3) is 0 Å². The van der Waals surface area contributed by atoms with Crippen LogP contribution in [0, 0.1) is 25.2 Å². The summed E-state index contributed by atoms with van der Waals surface area (Å²) in [6.45, 7) is 4.42. The minimum absolute atomic E-state index is 0.379. The van der Waals surface area contributed by atoms with Crippen LogP contribution < -0.4 is 9.47 Å². The van der Waals surface area contributed by atoms with Gasteiger partial charge in [-0.3, -0.25) is 0 Å². The first-order valence-corrected chi connectivity index (χ1v) is 6.41. The van der Waals surface area contributed by atoms with E-state index in [0.29, 0.717) is 12.2 Å². The summed E-state index contributed by atoms with van der Waals surface area (Å²) in [6.07, 6.45) is 0. The number of para-hydroxylation sites is 1. The van der Waals surface area contributed by atoms with Gasteiger partial charge in [-0.1, -0.05) is 18.2 Å². The van der Waals surface area contributed by atoms with Crippen LogP contribution in [0.15, 0.2) is 36.4 Å². The topological polar surface area (TPSA) is 42.2 Å². The molecule has 20 heavy (non-hydrogen) atoms. The Morgan fingerprint density at radius 1 is 1.10 bits per heavy atom. The maximum Gasteiger partial charge on any atom is 0.125 e. The Morgan fingerprint density at radius 3 is 2.40 bits per heavy atom. The van der Waals surface area contributed by atoms with Crippen molar-refractivity contribution < 1.29 is 9.47 Å². The fourth-order valence-corrected chi connectivity index (χ4v) is 2.14. The second kappa shape index (κ2) is 6.12. The summed E-state index contributed by atoms with van der Waals surface area (Å²) < 4.78 is 11.2. The zero-order valence-corrected chi connectivity index (χ0v) is 11.9. The number of methoxy groups -OCH3 is 1. The molecule has 2 aromatic carbocycles. The van der Waals surface area contributed by atoms with Gasteiger partial charge >= 0.3 is 0 Å². The minimum Gasteiger partial charge on any atom is -0.496 e. The van der Waals surface area contributed by atoms with Crippen molar-refractivity contribution in [2.24, 2.45) is 0 Å². The molecule has 0 fully saturated rings. The van der Waals surface area contributed by atoms with Crippen molar-refractivity contribution >= 4 is 0 Å². The molecule has 0 unspecified atom stereocenters. The lowest BCUT2D eigenvalue weighted by Crippen LogP contribution is -2.01. The summed E-state index contributed by atoms with van der Waals surface area (Å²) >= 11 is 0. The Morgan fingerprint density at radius 2 is 1.80 bits per heavy atom. The minimum atomic E-state index is 0.379. The van der Waals surface area contributed by atoms with E-state index in [4.69, 9.17) is 14.7 Å². The van der Waals surface area contributed by atoms with E-state index in [1.54, 1.807) is 25.3 Å². The maximum atomic E-state index is 8.97. The Labute approximate surface area is 119 Å². The SMILES string of the molecule is COc1ccc(C#N)cc1COc1c(C)cccc1C. The molecule has 0 aliphatic heterocycles. The zero-order chi connectivity index (χ0) is 14.5. The highest BCUT2D eigenvalue weighted by molar-refractivity contribution is 5.43. The van der Waals surface area contributed by atoms with Crippen LogP contribution in [0.1, 0.15) is 22.3 Å². The van der Waals surface area contributed by atoms with Gasteiger partial charge in [-0.2, -0.15) is 5.26 Å². The Hall–Kier alpha value is -2.47. The van der Waals surface area contributed by atoms with Crippen LogP contribution >= 0.6 is 0 Å². The maximum absolute atomic E-state index is 8.97. The Kier molecular flexibility index (Phi) is 4.27. The van der Waals surface area contributed by atoms with Crippen LogP contribution in [0.3, 0.4) is 0 Å². The predicted octanol–water partition coefficient (Wildman–Crippen LogP) is 3.76. The molecule has 0 amide bonds. The molecule has 0 aromatic heterocycles. The summed E-state index contributed by atoms with van der Waals surface area (Å²) in [4.78, 5) is 0. The van der Waals surface area contributed by atoms with Gasteiger partial charge in [-0.25, -0.2) is 0 Å². The third kappa shape index (κ3) is 2.92. The molecule has 0 heterocycles. The third-order valence-corrected chi connectivity index (χ3v) is 3.19. The molecule has 0 radical (unpaired) electrons. The number of rotatable bonds is 4. The van der Waals surface area contributed by atoms with Gasteiger partial charge in [0.15, 0.2) is 0 Å². The first-order chi connectivity index (χ1) is 9.65. The van der Waals surface area contributed by atoms with Crippen molar-refractivity contribution in [1.29, 1.82) is 5.26 Å². The highest BCUT2D eigenvalue weighted by Gasteiger charge is 2.08. The summed E-state index contributed by atoms with van der Waals surface area (Å²) in [6, 6.07) is 13.5. The van der Waals surface area contributed by atoms with Crippen LogP contribution in [-0.4, -0.2) is 7.11 Å². The average molecular weight is 267 g/mol. The number of nitrogens with zero attached hydrogens (tertiary/aromatic N) is 1. The van der Waals surface area contributed by atoms with Gasteiger partial charge in [0.1, 0.15) is 18.1 Å². The van der Waals surface area contributed by atoms with Crippen LogP contribution in [0.25, 0.3) is 0 Å². The number of ether oxygens (including phenoxy) is 2. The van der Waals surface area contributed by atoms with Gasteiger partial charge in [0.2, 0.25) is 0 Å². The lowest BCUT2D eigenvalue weighted by atomic mass is 10.1. The summed E-state index contributed by atoms with van der Waals surface area (Å²) in [5.41, 5.74) is 3.67. The van der Waals surface area contributed by atoms with E-state index in [0.717, 1.165) is 28.2 Å². The molecule has 3 nitrogen and oxygen atoms in total. The molecular formula is C17H17NO2. The average Bonchev–Trinajstić information content (AvgIpc) is 2.46. The standard InChI is InChI=1S/C17H17NO2/c1-12-5-4-6-13(2)17(12)20-11-15-9-14(10-18)7-8-16(15)19-3/h4-9H,11H2,1-3H3. The monoisotopic (exact) mass is 267 g/mol. The molecule has 0 saturated carbocycles.